The van der Waals surface area contributed by atoms with Crippen LogP contribution in [0.1, 0.15) is 5.56 Å². The highest BCUT2D eigenvalue weighted by atomic mass is 79.9. The number of primary amides is 1. The predicted octanol–water partition coefficient (Wildman–Crippen LogP) is 2.53. The van der Waals surface area contributed by atoms with E-state index in [0.717, 1.165) is 18.2 Å². The van der Waals surface area contributed by atoms with Crippen molar-refractivity contribution in [2.45, 2.75) is 4.90 Å². The molecular formula is C17H12BrN3O7S. The lowest BCUT2D eigenvalue weighted by atomic mass is 10.1. The van der Waals surface area contributed by atoms with E-state index in [1.54, 1.807) is 6.07 Å². The number of amides is 1. The number of ether oxygens (including phenoxy) is 1. The van der Waals surface area contributed by atoms with Crippen LogP contribution in [-0.4, -0.2) is 26.4 Å². The first-order valence-corrected chi connectivity index (χ1v) is 9.77. The Morgan fingerprint density at radius 3 is 2.59 bits per heavy atom. The number of benzene rings is 2. The number of carbonyl (C=O) groups is 1. The molecule has 0 aliphatic rings. The van der Waals surface area contributed by atoms with Gasteiger partial charge in [-0.3, -0.25) is 14.9 Å². The quantitative estimate of drug-likeness (QED) is 0.207. The molecule has 0 atom stereocenters. The Morgan fingerprint density at radius 2 is 2.03 bits per heavy atom. The molecule has 2 rings (SSSR count). The van der Waals surface area contributed by atoms with Crippen LogP contribution in [0.15, 0.2) is 51.3 Å². The molecule has 12 heteroatoms. The fraction of sp³-hybridized carbons (Fsp3) is 0.0588. The number of carbonyl (C=O) groups excluding carboxylic acids is 1. The van der Waals surface area contributed by atoms with E-state index in [2.05, 4.69) is 15.9 Å². The third kappa shape index (κ3) is 5.09. The van der Waals surface area contributed by atoms with Crippen molar-refractivity contribution in [2.24, 2.45) is 5.73 Å². The highest BCUT2D eigenvalue weighted by Gasteiger charge is 2.24. The third-order valence-electron chi connectivity index (χ3n) is 3.46. The summed E-state index contributed by atoms with van der Waals surface area (Å²) in [6, 6.07) is 8.70. The van der Waals surface area contributed by atoms with E-state index in [-0.39, 0.29) is 21.5 Å². The summed E-state index contributed by atoms with van der Waals surface area (Å²) in [5.74, 6) is -1.20. The van der Waals surface area contributed by atoms with Crippen LogP contribution in [-0.2, 0) is 14.9 Å². The largest absolute Gasteiger partial charge is 0.493 e. The molecule has 2 N–H and O–H groups in total. The van der Waals surface area contributed by atoms with Crippen molar-refractivity contribution < 1.29 is 27.1 Å². The number of methoxy groups -OCH3 is 1. The fourth-order valence-corrected chi connectivity index (χ4v) is 3.79. The average molecular weight is 482 g/mol. The van der Waals surface area contributed by atoms with Gasteiger partial charge in [0.2, 0.25) is 0 Å². The summed E-state index contributed by atoms with van der Waals surface area (Å²) in [6.07, 6.45) is 1.19. The second-order valence-corrected chi connectivity index (χ2v) is 7.76. The van der Waals surface area contributed by atoms with Crippen LogP contribution in [0.2, 0.25) is 0 Å². The smallest absolute Gasteiger partial charge is 0.339 e. The molecule has 0 saturated heterocycles. The minimum absolute atomic E-state index is 0.0404. The second-order valence-electron chi connectivity index (χ2n) is 5.36. The fourth-order valence-electron chi connectivity index (χ4n) is 2.14. The van der Waals surface area contributed by atoms with Gasteiger partial charge in [0.05, 0.1) is 16.5 Å². The van der Waals surface area contributed by atoms with Crippen LogP contribution in [0.4, 0.5) is 5.69 Å². The van der Waals surface area contributed by atoms with Crippen LogP contribution in [0.25, 0.3) is 6.08 Å². The van der Waals surface area contributed by atoms with Gasteiger partial charge < -0.3 is 14.7 Å². The van der Waals surface area contributed by atoms with E-state index in [4.69, 9.17) is 19.9 Å². The molecule has 0 saturated carbocycles. The van der Waals surface area contributed by atoms with Gasteiger partial charge >= 0.3 is 10.1 Å². The summed E-state index contributed by atoms with van der Waals surface area (Å²) in [5.41, 5.74) is 4.66. The lowest BCUT2D eigenvalue weighted by molar-refractivity contribution is -0.385. The minimum atomic E-state index is -4.43. The Balaban J connectivity index is 2.50. The summed E-state index contributed by atoms with van der Waals surface area (Å²) in [5, 5.41) is 19.8. The van der Waals surface area contributed by atoms with Crippen molar-refractivity contribution in [2.75, 3.05) is 7.11 Å². The molecule has 2 aromatic carbocycles. The number of nitrogens with two attached hydrogens (primary N) is 1. The first-order chi connectivity index (χ1) is 13.6. The van der Waals surface area contributed by atoms with Gasteiger partial charge in [0, 0.05) is 12.1 Å². The number of nitro groups is 1. The zero-order valence-corrected chi connectivity index (χ0v) is 17.1. The Bertz CT molecular complexity index is 1170. The van der Waals surface area contributed by atoms with Gasteiger partial charge in [-0.15, -0.1) is 0 Å². The van der Waals surface area contributed by atoms with E-state index in [1.165, 1.54) is 31.4 Å². The van der Waals surface area contributed by atoms with Crippen molar-refractivity contribution in [1.82, 2.24) is 0 Å². The molecule has 0 aliphatic heterocycles. The number of hydrogen-bond donors (Lipinski definition) is 1. The number of nitriles is 1. The molecule has 0 radical (unpaired) electrons. The number of hydrogen-bond acceptors (Lipinski definition) is 8. The van der Waals surface area contributed by atoms with Gasteiger partial charge in [0.15, 0.2) is 11.5 Å². The molecule has 1 amide bonds. The van der Waals surface area contributed by atoms with Gasteiger partial charge in [-0.1, -0.05) is 6.07 Å². The van der Waals surface area contributed by atoms with Gasteiger partial charge in [-0.25, -0.2) is 0 Å². The van der Waals surface area contributed by atoms with E-state index in [0.29, 0.717) is 5.56 Å². The lowest BCUT2D eigenvalue weighted by Gasteiger charge is -2.13. The van der Waals surface area contributed by atoms with Gasteiger partial charge in [0.25, 0.3) is 11.6 Å². The zero-order valence-electron chi connectivity index (χ0n) is 14.7. The molecule has 2 aromatic rings. The van der Waals surface area contributed by atoms with E-state index < -0.39 is 31.5 Å². The summed E-state index contributed by atoms with van der Waals surface area (Å²) < 4.78 is 35.5. The van der Waals surface area contributed by atoms with Crippen LogP contribution >= 0.6 is 15.9 Å². The maximum Gasteiger partial charge on any atom is 0.339 e. The standard InChI is InChI=1S/C17H12BrN3O7S/c1-27-15-7-10(5-11(9-19)17(20)22)6-14(18)16(15)28-29(25,26)13-4-2-3-12(8-13)21(23)24/h2-8H,1H3,(H2,20,22)/b11-5+. The van der Waals surface area contributed by atoms with Gasteiger partial charge in [0.1, 0.15) is 16.5 Å². The SMILES string of the molecule is COc1cc(/C=C(\C#N)C(N)=O)cc(Br)c1OS(=O)(=O)c1cccc([N+](=O)[O-])c1. The van der Waals surface area contributed by atoms with E-state index in [1.807, 2.05) is 0 Å². The molecule has 10 nitrogen and oxygen atoms in total. The van der Waals surface area contributed by atoms with Crippen LogP contribution in [0, 0.1) is 21.4 Å². The maximum atomic E-state index is 12.6. The molecule has 29 heavy (non-hydrogen) atoms. The molecule has 0 fully saturated rings. The minimum Gasteiger partial charge on any atom is -0.493 e. The average Bonchev–Trinajstić information content (AvgIpc) is 2.67. The maximum absolute atomic E-state index is 12.6. The lowest BCUT2D eigenvalue weighted by Crippen LogP contribution is -2.12. The third-order valence-corrected chi connectivity index (χ3v) is 5.27. The molecule has 0 unspecified atom stereocenters. The van der Waals surface area contributed by atoms with Gasteiger partial charge in [-0.05, 0) is 45.8 Å². The van der Waals surface area contributed by atoms with Crippen molar-refractivity contribution in [1.29, 1.82) is 5.26 Å². The van der Waals surface area contributed by atoms with Crippen LogP contribution < -0.4 is 14.7 Å². The monoisotopic (exact) mass is 481 g/mol. The first-order valence-electron chi connectivity index (χ1n) is 7.57. The highest BCUT2D eigenvalue weighted by Crippen LogP contribution is 2.39. The highest BCUT2D eigenvalue weighted by molar-refractivity contribution is 9.10. The normalized spacial score (nSPS) is 11.4. The summed E-state index contributed by atoms with van der Waals surface area (Å²) in [7, 11) is -3.18. The molecule has 0 heterocycles. The molecule has 150 valence electrons. The molecule has 0 aromatic heterocycles. The topological polar surface area (TPSA) is 163 Å². The van der Waals surface area contributed by atoms with Crippen LogP contribution in [0.3, 0.4) is 0 Å². The summed E-state index contributed by atoms with van der Waals surface area (Å²) in [6.45, 7) is 0. The zero-order chi connectivity index (χ0) is 21.8. The number of non-ortho nitro benzene ring substituents is 1. The Labute approximate surface area is 173 Å². The number of halogens is 1. The molecule has 0 spiro atoms. The first kappa shape index (κ1) is 21.9. The Morgan fingerprint density at radius 1 is 1.34 bits per heavy atom. The predicted molar refractivity (Wildman–Crippen MR) is 104 cm³/mol. The Hall–Kier alpha value is -3.43. The van der Waals surface area contributed by atoms with Gasteiger partial charge in [-0.2, -0.15) is 13.7 Å². The molecular weight excluding hydrogens is 470 g/mol. The van der Waals surface area contributed by atoms with E-state index >= 15 is 0 Å². The number of nitro benzene ring substituents is 1. The van der Waals surface area contributed by atoms with E-state index in [9.17, 15) is 23.3 Å². The van der Waals surface area contributed by atoms with Crippen LogP contribution in [0.5, 0.6) is 11.5 Å². The second kappa shape index (κ2) is 8.72. The molecule has 0 bridgehead atoms. The number of nitrogens with zero attached hydrogens (tertiary/aromatic N) is 2. The van der Waals surface area contributed by atoms with Crippen molar-refractivity contribution in [3.63, 3.8) is 0 Å². The summed E-state index contributed by atoms with van der Waals surface area (Å²) in [4.78, 5) is 20.9. The Kier molecular flexibility index (Phi) is 6.57. The van der Waals surface area contributed by atoms with Crippen molar-refractivity contribution in [3.8, 4) is 17.6 Å². The number of rotatable bonds is 7. The van der Waals surface area contributed by atoms with Crippen molar-refractivity contribution in [3.05, 3.63) is 62.1 Å². The molecule has 0 aliphatic carbocycles. The van der Waals surface area contributed by atoms with Crippen molar-refractivity contribution >= 4 is 43.7 Å². The summed E-state index contributed by atoms with van der Waals surface area (Å²) >= 11 is 3.14.